The van der Waals surface area contributed by atoms with E-state index in [0.717, 1.165) is 17.7 Å². The van der Waals surface area contributed by atoms with E-state index in [1.54, 1.807) is 30.9 Å². The number of anilines is 1. The zero-order valence-electron chi connectivity index (χ0n) is 15.9. The fourth-order valence-electron chi connectivity index (χ4n) is 3.66. The minimum atomic E-state index is -0.446. The van der Waals surface area contributed by atoms with Gasteiger partial charge in [0.25, 0.3) is 0 Å². The zero-order valence-corrected chi connectivity index (χ0v) is 17.5. The normalized spacial score (nSPS) is 23.6. The molecular formula is C19H21N3O4S2. The lowest BCUT2D eigenvalue weighted by Gasteiger charge is -2.29. The van der Waals surface area contributed by atoms with Crippen LogP contribution < -0.4 is 14.8 Å². The molecule has 0 bridgehead atoms. The van der Waals surface area contributed by atoms with E-state index < -0.39 is 6.04 Å². The van der Waals surface area contributed by atoms with Crippen LogP contribution in [0, 0.1) is 0 Å². The number of methoxy groups -OCH3 is 2. The topological polar surface area (TPSA) is 80.8 Å². The molecule has 148 valence electrons. The number of carbonyl (C=O) groups excluding carboxylic acids is 2. The maximum absolute atomic E-state index is 12.8. The molecule has 0 spiro atoms. The number of thiazole rings is 1. The van der Waals surface area contributed by atoms with Gasteiger partial charge < -0.3 is 19.7 Å². The van der Waals surface area contributed by atoms with Crippen LogP contribution >= 0.6 is 23.1 Å². The largest absolute Gasteiger partial charge is 0.493 e. The lowest BCUT2D eigenvalue weighted by Crippen LogP contribution is -2.48. The number of ether oxygens (including phenoxy) is 2. The predicted octanol–water partition coefficient (Wildman–Crippen LogP) is 3.22. The Morgan fingerprint density at radius 2 is 2.11 bits per heavy atom. The van der Waals surface area contributed by atoms with Crippen LogP contribution in [0.2, 0.25) is 0 Å². The second-order valence-electron chi connectivity index (χ2n) is 6.86. The molecule has 0 radical (unpaired) electrons. The van der Waals surface area contributed by atoms with Crippen molar-refractivity contribution in [2.45, 2.75) is 30.7 Å². The van der Waals surface area contributed by atoms with E-state index in [0.29, 0.717) is 28.8 Å². The van der Waals surface area contributed by atoms with Gasteiger partial charge in [0.1, 0.15) is 6.04 Å². The highest BCUT2D eigenvalue weighted by molar-refractivity contribution is 8.01. The van der Waals surface area contributed by atoms with Crippen molar-refractivity contribution in [3.05, 3.63) is 23.6 Å². The maximum Gasteiger partial charge on any atom is 0.249 e. The van der Waals surface area contributed by atoms with Crippen molar-refractivity contribution in [1.29, 1.82) is 0 Å². The highest BCUT2D eigenvalue weighted by Crippen LogP contribution is 2.47. The average Bonchev–Trinajstić information content (AvgIpc) is 3.37. The lowest BCUT2D eigenvalue weighted by molar-refractivity contribution is -0.135. The number of rotatable bonds is 5. The maximum atomic E-state index is 12.8. The number of nitrogens with one attached hydrogen (secondary N) is 1. The van der Waals surface area contributed by atoms with E-state index in [1.165, 1.54) is 11.3 Å². The van der Waals surface area contributed by atoms with Crippen molar-refractivity contribution < 1.29 is 19.1 Å². The van der Waals surface area contributed by atoms with Gasteiger partial charge >= 0.3 is 0 Å². The van der Waals surface area contributed by atoms with Gasteiger partial charge in [0, 0.05) is 23.1 Å². The fourth-order valence-corrected chi connectivity index (χ4v) is 5.82. The summed E-state index contributed by atoms with van der Waals surface area (Å²) in [6.07, 6.45) is 1.30. The Labute approximate surface area is 171 Å². The SMILES string of the molecule is COc1ccc(-c2csc(NC(=O)[C@H]3CS[C@@]4(C)CCC(=O)N34)n2)cc1OC. The smallest absolute Gasteiger partial charge is 0.249 e. The molecule has 3 heterocycles. The first-order valence-corrected chi connectivity index (χ1v) is 10.8. The van der Waals surface area contributed by atoms with Gasteiger partial charge in [0.2, 0.25) is 11.8 Å². The number of hydrogen-bond acceptors (Lipinski definition) is 7. The summed E-state index contributed by atoms with van der Waals surface area (Å²) >= 11 is 3.03. The molecule has 2 fully saturated rings. The number of fused-ring (bicyclic) bond motifs is 1. The molecule has 2 atom stereocenters. The first-order chi connectivity index (χ1) is 13.4. The zero-order chi connectivity index (χ0) is 19.9. The van der Waals surface area contributed by atoms with E-state index in [4.69, 9.17) is 9.47 Å². The number of hydrogen-bond donors (Lipinski definition) is 1. The van der Waals surface area contributed by atoms with Crippen LogP contribution in [0.1, 0.15) is 19.8 Å². The molecule has 2 amide bonds. The van der Waals surface area contributed by atoms with E-state index in [1.807, 2.05) is 30.5 Å². The van der Waals surface area contributed by atoms with E-state index in [-0.39, 0.29) is 16.7 Å². The Morgan fingerprint density at radius 1 is 1.32 bits per heavy atom. The minimum Gasteiger partial charge on any atom is -0.493 e. The van der Waals surface area contributed by atoms with Gasteiger partial charge in [-0.05, 0) is 31.5 Å². The summed E-state index contributed by atoms with van der Waals surface area (Å²) in [4.78, 5) is 31.0. The summed E-state index contributed by atoms with van der Waals surface area (Å²) in [6, 6.07) is 5.12. The van der Waals surface area contributed by atoms with Crippen molar-refractivity contribution in [2.75, 3.05) is 25.3 Å². The van der Waals surface area contributed by atoms with Crippen molar-refractivity contribution in [1.82, 2.24) is 9.88 Å². The van der Waals surface area contributed by atoms with Gasteiger partial charge in [0.05, 0.1) is 24.8 Å². The van der Waals surface area contributed by atoms with Crippen LogP contribution in [0.25, 0.3) is 11.3 Å². The van der Waals surface area contributed by atoms with Gasteiger partial charge in [-0.2, -0.15) is 0 Å². The Balaban J connectivity index is 1.50. The first kappa shape index (κ1) is 19.1. The summed E-state index contributed by atoms with van der Waals surface area (Å²) in [7, 11) is 3.17. The van der Waals surface area contributed by atoms with Gasteiger partial charge in [-0.1, -0.05) is 0 Å². The average molecular weight is 420 g/mol. The highest BCUT2D eigenvalue weighted by Gasteiger charge is 2.52. The number of aromatic nitrogens is 1. The van der Waals surface area contributed by atoms with Crippen LogP contribution in [0.5, 0.6) is 11.5 Å². The number of carbonyl (C=O) groups is 2. The van der Waals surface area contributed by atoms with Gasteiger partial charge in [0.15, 0.2) is 16.6 Å². The van der Waals surface area contributed by atoms with Crippen molar-refractivity contribution in [3.63, 3.8) is 0 Å². The van der Waals surface area contributed by atoms with Crippen LogP contribution in [0.15, 0.2) is 23.6 Å². The molecule has 7 nitrogen and oxygen atoms in total. The standard InChI is InChI=1S/C19H21N3O4S2/c1-19-7-6-16(23)22(19)13(10-28-19)17(24)21-18-20-12(9-27-18)11-4-5-14(25-2)15(8-11)26-3/h4-5,8-9,13H,6-7,10H2,1-3H3,(H,20,21,24)/t13-,19+/m1/s1. The van der Waals surface area contributed by atoms with Gasteiger partial charge in [-0.25, -0.2) is 4.98 Å². The molecule has 2 aromatic rings. The second kappa shape index (κ2) is 7.29. The Hall–Kier alpha value is -2.26. The monoisotopic (exact) mass is 419 g/mol. The molecule has 1 N–H and O–H groups in total. The minimum absolute atomic E-state index is 0.0535. The Morgan fingerprint density at radius 3 is 2.86 bits per heavy atom. The van der Waals surface area contributed by atoms with Crippen LogP contribution in [0.3, 0.4) is 0 Å². The molecule has 2 aliphatic heterocycles. The quantitative estimate of drug-likeness (QED) is 0.802. The number of thioether (sulfide) groups is 1. The third kappa shape index (κ3) is 3.22. The third-order valence-corrected chi connectivity index (χ3v) is 7.42. The molecule has 2 saturated heterocycles. The second-order valence-corrected chi connectivity index (χ2v) is 9.22. The lowest BCUT2D eigenvalue weighted by atomic mass is 10.1. The first-order valence-electron chi connectivity index (χ1n) is 8.90. The summed E-state index contributed by atoms with van der Waals surface area (Å²) in [5.41, 5.74) is 1.61. The number of amides is 2. The van der Waals surface area contributed by atoms with Gasteiger partial charge in [-0.3, -0.25) is 9.59 Å². The molecule has 0 saturated carbocycles. The number of nitrogens with zero attached hydrogens (tertiary/aromatic N) is 2. The van der Waals surface area contributed by atoms with Gasteiger partial charge in [-0.15, -0.1) is 23.1 Å². The molecule has 2 aliphatic rings. The molecule has 1 aromatic heterocycles. The summed E-state index contributed by atoms with van der Waals surface area (Å²) < 4.78 is 10.6. The van der Waals surface area contributed by atoms with Crippen LogP contribution in [0.4, 0.5) is 5.13 Å². The van der Waals surface area contributed by atoms with E-state index >= 15 is 0 Å². The fraction of sp³-hybridized carbons (Fsp3) is 0.421. The Bertz CT molecular complexity index is 932. The number of benzene rings is 1. The highest BCUT2D eigenvalue weighted by atomic mass is 32.2. The molecular weight excluding hydrogens is 398 g/mol. The Kier molecular flexibility index (Phi) is 4.96. The van der Waals surface area contributed by atoms with Crippen molar-refractivity contribution in [2.24, 2.45) is 0 Å². The molecule has 1 aromatic carbocycles. The van der Waals surface area contributed by atoms with E-state index in [2.05, 4.69) is 10.3 Å². The van der Waals surface area contributed by atoms with Crippen molar-refractivity contribution >= 4 is 40.0 Å². The summed E-state index contributed by atoms with van der Waals surface area (Å²) in [6.45, 7) is 2.04. The van der Waals surface area contributed by atoms with Crippen molar-refractivity contribution in [3.8, 4) is 22.8 Å². The summed E-state index contributed by atoms with van der Waals surface area (Å²) in [5.74, 6) is 1.75. The molecule has 0 aliphatic carbocycles. The third-order valence-electron chi connectivity index (χ3n) is 5.16. The van der Waals surface area contributed by atoms with E-state index in [9.17, 15) is 9.59 Å². The van der Waals surface area contributed by atoms with Crippen LogP contribution in [-0.2, 0) is 9.59 Å². The molecule has 9 heteroatoms. The van der Waals surface area contributed by atoms with Crippen LogP contribution in [-0.4, -0.2) is 52.6 Å². The summed E-state index contributed by atoms with van der Waals surface area (Å²) in [5, 5.41) is 5.28. The molecule has 28 heavy (non-hydrogen) atoms. The predicted molar refractivity (Wildman–Crippen MR) is 110 cm³/mol. The molecule has 4 rings (SSSR count). The molecule has 0 unspecified atom stereocenters.